The number of carbonyl (C=O) groups excluding carboxylic acids is 1. The number of carbonyl (C=O) groups is 1. The lowest BCUT2D eigenvalue weighted by Gasteiger charge is -2.51. The summed E-state index contributed by atoms with van der Waals surface area (Å²) in [6, 6.07) is 44.8. The largest absolute Gasteiger partial charge is 0.438 e. The van der Waals surface area contributed by atoms with E-state index in [0.717, 1.165) is 33.0 Å². The van der Waals surface area contributed by atoms with Crippen molar-refractivity contribution in [1.29, 1.82) is 0 Å². The van der Waals surface area contributed by atoms with Crippen molar-refractivity contribution in [3.8, 4) is 0 Å². The van der Waals surface area contributed by atoms with Crippen molar-refractivity contribution in [2.24, 2.45) is 0 Å². The summed E-state index contributed by atoms with van der Waals surface area (Å²) < 4.78 is 69.7. The van der Waals surface area contributed by atoms with E-state index in [4.69, 9.17) is 46.1 Å². The molecule has 4 unspecified atom stereocenters. The fraction of sp³-hybridized carbons (Fsp3) is 0.491. The quantitative estimate of drug-likeness (QED) is 0.0583. The molecule has 2 aliphatic rings. The molecule has 5 aromatic rings. The number of rotatable bonds is 23. The number of ether oxygens (including phenoxy) is 7. The molecule has 14 heteroatoms. The van der Waals surface area contributed by atoms with E-state index in [0.29, 0.717) is 13.2 Å². The highest BCUT2D eigenvalue weighted by Gasteiger charge is 2.62. The van der Waals surface area contributed by atoms with Gasteiger partial charge in [0.1, 0.15) is 30.5 Å². The van der Waals surface area contributed by atoms with E-state index in [1.807, 2.05) is 103 Å². The Labute approximate surface area is 424 Å². The third-order valence-electron chi connectivity index (χ3n) is 13.6. The van der Waals surface area contributed by atoms with Crippen molar-refractivity contribution in [1.82, 2.24) is 4.90 Å². The van der Waals surface area contributed by atoms with Gasteiger partial charge >= 0.3 is 23.2 Å². The third-order valence-corrected chi connectivity index (χ3v) is 23.9. The molecule has 5 aromatic carbocycles. The molecule has 0 aliphatic carbocycles. The number of hydrogen-bond donors (Lipinski definition) is 0. The van der Waals surface area contributed by atoms with Crippen molar-refractivity contribution < 1.29 is 50.9 Å². The molecule has 1 amide bonds. The van der Waals surface area contributed by atoms with Gasteiger partial charge in [-0.05, 0) is 61.3 Å². The van der Waals surface area contributed by atoms with Crippen molar-refractivity contribution in [2.75, 3.05) is 33.9 Å². The minimum Gasteiger partial charge on any atom is -0.438 e. The lowest BCUT2D eigenvalue weighted by molar-refractivity contribution is -0.218. The van der Waals surface area contributed by atoms with Crippen LogP contribution >= 0.6 is 0 Å². The lowest BCUT2D eigenvalue weighted by atomic mass is 10.1. The Hall–Kier alpha value is -4.30. The first-order valence-corrected chi connectivity index (χ1v) is 29.3. The van der Waals surface area contributed by atoms with Gasteiger partial charge in [0, 0.05) is 14.1 Å². The van der Waals surface area contributed by atoms with Crippen LogP contribution in [0.2, 0.25) is 22.2 Å². The second-order valence-electron chi connectivity index (χ2n) is 20.3. The summed E-state index contributed by atoms with van der Waals surface area (Å²) in [6.07, 6.45) is -6.11. The van der Waals surface area contributed by atoms with E-state index < -0.39 is 66.1 Å². The summed E-state index contributed by atoms with van der Waals surface area (Å²) in [5.41, 5.74) is 4.33. The van der Waals surface area contributed by atoms with E-state index in [2.05, 4.69) is 85.7 Å². The monoisotopic (exact) mass is 1010 g/mol. The molecule has 7 rings (SSSR count). The van der Waals surface area contributed by atoms with Crippen LogP contribution in [0, 0.1) is 0 Å². The molecular weight excluding hydrogens is 931 g/mol. The molecule has 0 bridgehead atoms. The van der Waals surface area contributed by atoms with Crippen LogP contribution in [0.3, 0.4) is 0 Å². The van der Waals surface area contributed by atoms with E-state index >= 15 is 0 Å². The van der Waals surface area contributed by atoms with Crippen LogP contribution in [0.4, 0.5) is 4.79 Å². The maximum atomic E-state index is 13.7. The van der Waals surface area contributed by atoms with Crippen molar-refractivity contribution in [2.45, 2.75) is 147 Å². The topological polar surface area (TPSA) is 113 Å². The molecule has 0 saturated carbocycles. The molecule has 2 heterocycles. The smallest absolute Gasteiger partial charge is 0.409 e. The molecule has 0 aromatic heterocycles. The highest BCUT2D eigenvalue weighted by Crippen LogP contribution is 2.48. The number of fused-ring (bicyclic) bond motifs is 2. The summed E-state index contributed by atoms with van der Waals surface area (Å²) in [4.78, 5) is 15.1. The maximum absolute atomic E-state index is 13.7. The Kier molecular flexibility index (Phi) is 19.6. The zero-order valence-corrected chi connectivity index (χ0v) is 45.4. The van der Waals surface area contributed by atoms with Gasteiger partial charge in [0.2, 0.25) is 0 Å². The Bertz CT molecular complexity index is 2360. The van der Waals surface area contributed by atoms with Gasteiger partial charge in [-0.15, -0.1) is 0 Å². The van der Waals surface area contributed by atoms with E-state index in [9.17, 15) is 4.79 Å². The third kappa shape index (κ3) is 13.9. The summed E-state index contributed by atoms with van der Waals surface area (Å²) in [5, 5.41) is 2.31. The van der Waals surface area contributed by atoms with E-state index in [1.165, 1.54) is 4.90 Å². The Morgan fingerprint density at radius 2 is 1.10 bits per heavy atom. The standard InChI is InChI=1S/C57H77NO11Si2/c1-40(2)70(41(3)4)65-39-52-54(68-71(69-70,42(5)6)43(7)8)55(67-57(59)58(9)10)56(66-52)64-38-51(62-35-45-24-16-12-17-25-45)53(63-36-46-26-18-13-19-27-46)50(61-34-44-22-14-11-15-23-44)37-60-33-47-30-31-48-28-20-21-29-49(48)32-47/h11-32,40-43,50-56H,33-39H2,1-10H3/t50?,51?,52-,53?,54?,55+,56-/m1/s1. The van der Waals surface area contributed by atoms with E-state index in [1.54, 1.807) is 14.1 Å². The predicted octanol–water partition coefficient (Wildman–Crippen LogP) is 11.9. The molecular formula is C57H77NO11Si2. The lowest BCUT2D eigenvalue weighted by Crippen LogP contribution is -2.66. The second kappa shape index (κ2) is 25.6. The molecule has 7 atom stereocenters. The molecule has 0 spiro atoms. The molecule has 384 valence electrons. The van der Waals surface area contributed by atoms with Gasteiger partial charge in [-0.25, -0.2) is 4.79 Å². The van der Waals surface area contributed by atoms with Crippen LogP contribution in [0.5, 0.6) is 0 Å². The van der Waals surface area contributed by atoms with E-state index in [-0.39, 0.29) is 55.2 Å². The van der Waals surface area contributed by atoms with Crippen LogP contribution in [-0.2, 0) is 72.6 Å². The van der Waals surface area contributed by atoms with Crippen molar-refractivity contribution in [3.05, 3.63) is 156 Å². The van der Waals surface area contributed by atoms with Crippen molar-refractivity contribution >= 4 is 34.0 Å². The molecule has 2 aliphatic heterocycles. The Balaban J connectivity index is 1.24. The average Bonchev–Trinajstić information content (AvgIpc) is 3.67. The highest BCUT2D eigenvalue weighted by molar-refractivity contribution is 6.84. The van der Waals surface area contributed by atoms with Crippen LogP contribution in [0.15, 0.2) is 133 Å². The first-order valence-electron chi connectivity index (χ1n) is 25.4. The van der Waals surface area contributed by atoms with Crippen LogP contribution in [0.1, 0.15) is 77.6 Å². The summed E-state index contributed by atoms with van der Waals surface area (Å²) in [6.45, 7) is 18.9. The second-order valence-corrected chi connectivity index (χ2v) is 29.1. The Morgan fingerprint density at radius 3 is 1.63 bits per heavy atom. The van der Waals surface area contributed by atoms with Crippen LogP contribution in [-0.4, -0.2) is 105 Å². The zero-order chi connectivity index (χ0) is 50.5. The fourth-order valence-corrected chi connectivity index (χ4v) is 20.9. The number of benzene rings is 5. The van der Waals surface area contributed by atoms with Gasteiger partial charge in [-0.3, -0.25) is 0 Å². The first-order chi connectivity index (χ1) is 34.2. The highest BCUT2D eigenvalue weighted by atomic mass is 28.5. The molecule has 0 N–H and O–H groups in total. The number of nitrogens with zero attached hydrogens (tertiary/aromatic N) is 1. The molecule has 71 heavy (non-hydrogen) atoms. The molecule has 2 fully saturated rings. The molecule has 2 saturated heterocycles. The van der Waals surface area contributed by atoms with Gasteiger partial charge in [0.25, 0.3) is 0 Å². The predicted molar refractivity (Wildman–Crippen MR) is 281 cm³/mol. The zero-order valence-electron chi connectivity index (χ0n) is 43.4. The summed E-state index contributed by atoms with van der Waals surface area (Å²) in [7, 11) is -2.76. The van der Waals surface area contributed by atoms with Gasteiger partial charge in [0.05, 0.1) is 46.2 Å². The normalized spacial score (nSPS) is 21.2. The molecule has 0 radical (unpaired) electrons. The van der Waals surface area contributed by atoms with Gasteiger partial charge in [0.15, 0.2) is 12.4 Å². The first kappa shape index (κ1) is 54.5. The van der Waals surface area contributed by atoms with Crippen LogP contribution in [0.25, 0.3) is 10.8 Å². The fourth-order valence-electron chi connectivity index (χ4n) is 9.65. The van der Waals surface area contributed by atoms with Gasteiger partial charge < -0.3 is 51.0 Å². The molecule has 12 nitrogen and oxygen atoms in total. The SMILES string of the molecule is CC(C)[Si]1(C(C)C)OC[C@H]2O[C@@H](OCC(OCc3ccccc3)C(OCc3ccccc3)C(COCc3ccc4ccccc4c3)OCc3ccccc3)[C@@H](OC(=O)N(C)C)C2O[Si](C(C)C)(C(C)C)O1. The van der Waals surface area contributed by atoms with Crippen molar-refractivity contribution in [3.63, 3.8) is 0 Å². The number of amides is 1. The Morgan fingerprint density at radius 1 is 0.592 bits per heavy atom. The maximum Gasteiger partial charge on any atom is 0.409 e. The number of hydrogen-bond acceptors (Lipinski definition) is 11. The van der Waals surface area contributed by atoms with Gasteiger partial charge in [-0.1, -0.05) is 183 Å². The minimum atomic E-state index is -3.15. The summed E-state index contributed by atoms with van der Waals surface area (Å²) >= 11 is 0. The van der Waals surface area contributed by atoms with Crippen LogP contribution < -0.4 is 0 Å². The average molecular weight is 1010 g/mol. The van der Waals surface area contributed by atoms with Gasteiger partial charge in [-0.2, -0.15) is 0 Å². The minimum absolute atomic E-state index is 0.0345. The summed E-state index contributed by atoms with van der Waals surface area (Å²) in [5.74, 6) is 0.